The molecule has 0 saturated carbocycles. The minimum atomic E-state index is -0.831. The number of nitrogens with one attached hydrogen (secondary N) is 2. The summed E-state index contributed by atoms with van der Waals surface area (Å²) in [5.74, 6) is 0. The molecule has 1 fully saturated rings. The van der Waals surface area contributed by atoms with E-state index < -0.39 is 28.7 Å². The Morgan fingerprint density at radius 1 is 1.42 bits per heavy atom. The summed E-state index contributed by atoms with van der Waals surface area (Å²) < 4.78 is 10.4. The van der Waals surface area contributed by atoms with Crippen LogP contribution in [-0.4, -0.2) is 53.4 Å². The fraction of sp³-hybridized carbons (Fsp3) is 0.636. The van der Waals surface area contributed by atoms with Gasteiger partial charge in [0, 0.05) is 26.0 Å². The molecular formula is C11H16N2O5S. The first-order valence-electron chi connectivity index (χ1n) is 5.75. The van der Waals surface area contributed by atoms with Gasteiger partial charge in [-0.3, -0.25) is 9.78 Å². The SMILES string of the molecule is COC[C@H]1S[C@@H](c2c[nH]c(=O)[nH]c2=O)C(O)C1OC. The molecule has 1 aromatic rings. The molecule has 4 atom stereocenters. The highest BCUT2D eigenvalue weighted by molar-refractivity contribution is 8.00. The molecule has 1 aromatic heterocycles. The van der Waals surface area contributed by atoms with Crippen molar-refractivity contribution in [3.8, 4) is 0 Å². The third-order valence-corrected chi connectivity index (χ3v) is 4.67. The lowest BCUT2D eigenvalue weighted by Gasteiger charge is -2.19. The topological polar surface area (TPSA) is 104 Å². The van der Waals surface area contributed by atoms with E-state index >= 15 is 0 Å². The van der Waals surface area contributed by atoms with Crippen molar-refractivity contribution in [1.82, 2.24) is 9.97 Å². The predicted octanol–water partition coefficient (Wildman–Crippen LogP) is -0.758. The van der Waals surface area contributed by atoms with Gasteiger partial charge in [-0.1, -0.05) is 0 Å². The van der Waals surface area contributed by atoms with Crippen molar-refractivity contribution in [2.45, 2.75) is 22.7 Å². The van der Waals surface area contributed by atoms with Crippen LogP contribution in [0.2, 0.25) is 0 Å². The van der Waals surface area contributed by atoms with E-state index in [1.54, 1.807) is 7.11 Å². The summed E-state index contributed by atoms with van der Waals surface area (Å²) in [5, 5.41) is 9.73. The van der Waals surface area contributed by atoms with Gasteiger partial charge in [-0.25, -0.2) is 4.79 Å². The largest absolute Gasteiger partial charge is 0.389 e. The average Bonchev–Trinajstić information content (AvgIpc) is 2.66. The quantitative estimate of drug-likeness (QED) is 0.673. The lowest BCUT2D eigenvalue weighted by molar-refractivity contribution is -0.0139. The first-order chi connectivity index (χ1) is 9.08. The van der Waals surface area contributed by atoms with Gasteiger partial charge in [0.15, 0.2) is 0 Å². The summed E-state index contributed by atoms with van der Waals surface area (Å²) in [5.41, 5.74) is -0.728. The average molecular weight is 288 g/mol. The van der Waals surface area contributed by atoms with Crippen molar-refractivity contribution in [2.75, 3.05) is 20.8 Å². The van der Waals surface area contributed by atoms with Crippen LogP contribution in [0, 0.1) is 0 Å². The molecule has 8 heteroatoms. The number of H-pyrrole nitrogens is 2. The van der Waals surface area contributed by atoms with E-state index in [1.807, 2.05) is 0 Å². The Morgan fingerprint density at radius 3 is 2.74 bits per heavy atom. The maximum absolute atomic E-state index is 11.8. The van der Waals surface area contributed by atoms with E-state index in [-0.39, 0.29) is 5.25 Å². The first kappa shape index (κ1) is 14.3. The van der Waals surface area contributed by atoms with E-state index in [0.29, 0.717) is 12.2 Å². The van der Waals surface area contributed by atoms with E-state index in [9.17, 15) is 14.7 Å². The molecule has 7 nitrogen and oxygen atoms in total. The van der Waals surface area contributed by atoms with Crippen molar-refractivity contribution >= 4 is 11.8 Å². The molecule has 1 saturated heterocycles. The van der Waals surface area contributed by atoms with Crippen molar-refractivity contribution in [3.05, 3.63) is 32.6 Å². The minimum Gasteiger partial charge on any atom is -0.389 e. The van der Waals surface area contributed by atoms with Crippen molar-refractivity contribution in [2.24, 2.45) is 0 Å². The van der Waals surface area contributed by atoms with Crippen LogP contribution in [0.15, 0.2) is 15.8 Å². The zero-order valence-corrected chi connectivity index (χ0v) is 11.4. The highest BCUT2D eigenvalue weighted by atomic mass is 32.2. The molecule has 106 valence electrons. The summed E-state index contributed by atoms with van der Waals surface area (Å²) in [7, 11) is 3.08. The number of rotatable bonds is 4. The van der Waals surface area contributed by atoms with Gasteiger partial charge in [-0.05, 0) is 0 Å². The number of methoxy groups -OCH3 is 2. The van der Waals surface area contributed by atoms with Crippen LogP contribution >= 0.6 is 11.8 Å². The highest BCUT2D eigenvalue weighted by Gasteiger charge is 2.45. The molecule has 0 aliphatic carbocycles. The second kappa shape index (κ2) is 5.91. The fourth-order valence-electron chi connectivity index (χ4n) is 2.22. The van der Waals surface area contributed by atoms with Crippen LogP contribution in [0.4, 0.5) is 0 Å². The number of aliphatic hydroxyl groups is 1. The molecular weight excluding hydrogens is 272 g/mol. The van der Waals surface area contributed by atoms with E-state index in [2.05, 4.69) is 9.97 Å². The molecule has 0 bridgehead atoms. The lowest BCUT2D eigenvalue weighted by atomic mass is 10.0. The monoisotopic (exact) mass is 288 g/mol. The number of aliphatic hydroxyl groups excluding tert-OH is 1. The third kappa shape index (κ3) is 2.76. The predicted molar refractivity (Wildman–Crippen MR) is 70.5 cm³/mol. The van der Waals surface area contributed by atoms with Gasteiger partial charge in [-0.15, -0.1) is 11.8 Å². The van der Waals surface area contributed by atoms with Gasteiger partial charge in [0.05, 0.1) is 29.3 Å². The second-order valence-corrected chi connectivity index (χ2v) is 5.65. The lowest BCUT2D eigenvalue weighted by Crippen LogP contribution is -2.35. The Morgan fingerprint density at radius 2 is 2.16 bits per heavy atom. The molecule has 0 amide bonds. The fourth-order valence-corrected chi connectivity index (χ4v) is 3.87. The van der Waals surface area contributed by atoms with Crippen LogP contribution < -0.4 is 11.2 Å². The first-order valence-corrected chi connectivity index (χ1v) is 6.70. The summed E-state index contributed by atoms with van der Waals surface area (Å²) in [4.78, 5) is 27.3. The Kier molecular flexibility index (Phi) is 4.46. The molecule has 0 aromatic carbocycles. The highest BCUT2D eigenvalue weighted by Crippen LogP contribution is 2.45. The third-order valence-electron chi connectivity index (χ3n) is 3.09. The Hall–Kier alpha value is -1.09. The Balaban J connectivity index is 2.30. The number of aromatic nitrogens is 2. The number of ether oxygens (including phenoxy) is 2. The molecule has 2 rings (SSSR count). The van der Waals surface area contributed by atoms with Crippen LogP contribution in [0.25, 0.3) is 0 Å². The smallest absolute Gasteiger partial charge is 0.325 e. The van der Waals surface area contributed by atoms with Gasteiger partial charge in [-0.2, -0.15) is 0 Å². The minimum absolute atomic E-state index is 0.0682. The molecule has 1 aliphatic heterocycles. The Labute approximate surface area is 113 Å². The van der Waals surface area contributed by atoms with E-state index in [1.165, 1.54) is 25.1 Å². The standard InChI is InChI=1S/C11H16N2O5S/c1-17-4-6-8(18-2)7(14)9(19-6)5-3-12-11(16)13-10(5)15/h3,6-9,14H,4H2,1-2H3,(H2,12,13,15,16)/t6-,7?,8?,9+/m1/s1. The van der Waals surface area contributed by atoms with Gasteiger partial charge in [0.25, 0.3) is 5.56 Å². The van der Waals surface area contributed by atoms with Crippen molar-refractivity contribution < 1.29 is 14.6 Å². The van der Waals surface area contributed by atoms with Crippen LogP contribution in [0.1, 0.15) is 10.8 Å². The zero-order valence-electron chi connectivity index (χ0n) is 10.6. The number of thioether (sulfide) groups is 1. The van der Waals surface area contributed by atoms with Gasteiger partial charge < -0.3 is 19.6 Å². The molecule has 2 unspecified atom stereocenters. The maximum atomic E-state index is 11.8. The number of hydrogen-bond donors (Lipinski definition) is 3. The molecule has 0 radical (unpaired) electrons. The molecule has 3 N–H and O–H groups in total. The molecule has 1 aliphatic rings. The van der Waals surface area contributed by atoms with Crippen LogP contribution in [0.3, 0.4) is 0 Å². The zero-order chi connectivity index (χ0) is 14.0. The summed E-state index contributed by atoms with van der Waals surface area (Å²) in [6.45, 7) is 0.415. The summed E-state index contributed by atoms with van der Waals surface area (Å²) in [6.07, 6.45) is 0.0904. The summed E-state index contributed by atoms with van der Waals surface area (Å²) >= 11 is 1.41. The molecule has 2 heterocycles. The van der Waals surface area contributed by atoms with Gasteiger partial charge in [0.1, 0.15) is 0 Å². The number of hydrogen-bond acceptors (Lipinski definition) is 6. The normalized spacial score (nSPS) is 30.7. The van der Waals surface area contributed by atoms with Crippen LogP contribution in [-0.2, 0) is 9.47 Å². The molecule has 19 heavy (non-hydrogen) atoms. The van der Waals surface area contributed by atoms with E-state index in [4.69, 9.17) is 9.47 Å². The summed E-state index contributed by atoms with van der Waals surface area (Å²) in [6, 6.07) is 0. The maximum Gasteiger partial charge on any atom is 0.325 e. The van der Waals surface area contributed by atoms with Gasteiger partial charge in [0.2, 0.25) is 0 Å². The van der Waals surface area contributed by atoms with E-state index in [0.717, 1.165) is 0 Å². The molecule has 0 spiro atoms. The number of aromatic amines is 2. The Bertz CT molecular complexity index is 542. The van der Waals surface area contributed by atoms with Crippen LogP contribution in [0.5, 0.6) is 0 Å². The van der Waals surface area contributed by atoms with Gasteiger partial charge >= 0.3 is 5.69 Å². The second-order valence-electron chi connectivity index (χ2n) is 4.27. The van der Waals surface area contributed by atoms with Crippen molar-refractivity contribution in [3.63, 3.8) is 0 Å². The van der Waals surface area contributed by atoms with Crippen molar-refractivity contribution in [1.29, 1.82) is 0 Å².